The normalized spacial score (nSPS) is 23.3. The lowest BCUT2D eigenvalue weighted by Crippen LogP contribution is -2.62. The van der Waals surface area contributed by atoms with E-state index in [0.717, 1.165) is 0 Å². The van der Waals surface area contributed by atoms with Crippen molar-refractivity contribution in [3.05, 3.63) is 108 Å². The Morgan fingerprint density at radius 1 is 0.611 bits per heavy atom. The lowest BCUT2D eigenvalue weighted by Gasteiger charge is -2.42. The van der Waals surface area contributed by atoms with Gasteiger partial charge in [-0.15, -0.1) is 0 Å². The molecule has 0 bridgehead atoms. The third-order valence-electron chi connectivity index (χ3n) is 5.55. The first-order chi connectivity index (χ1) is 17.5. The largest absolute Gasteiger partial charge is 0.452 e. The third kappa shape index (κ3) is 5.77. The fourth-order valence-electron chi connectivity index (χ4n) is 3.74. The molecule has 1 aliphatic heterocycles. The van der Waals surface area contributed by atoms with Crippen LogP contribution in [0.1, 0.15) is 31.1 Å². The van der Waals surface area contributed by atoms with Crippen LogP contribution in [0.5, 0.6) is 0 Å². The number of carbonyl (C=O) groups excluding carboxylic acids is 3. The highest BCUT2D eigenvalue weighted by Gasteiger charge is 2.52. The predicted octanol–water partition coefficient (Wildman–Crippen LogP) is 2.37. The van der Waals surface area contributed by atoms with E-state index in [1.54, 1.807) is 54.6 Å². The van der Waals surface area contributed by atoms with Gasteiger partial charge in [0.15, 0.2) is 24.6 Å². The van der Waals surface area contributed by atoms with Crippen LogP contribution in [0.4, 0.5) is 0 Å². The quantitative estimate of drug-likeness (QED) is 0.377. The topological polar surface area (TPSA) is 129 Å². The van der Waals surface area contributed by atoms with Crippen molar-refractivity contribution in [2.75, 3.05) is 6.61 Å². The highest BCUT2D eigenvalue weighted by molar-refractivity contribution is 5.91. The molecule has 2 unspecified atom stereocenters. The van der Waals surface area contributed by atoms with E-state index in [0.29, 0.717) is 0 Å². The van der Waals surface area contributed by atoms with E-state index < -0.39 is 55.2 Å². The molecule has 186 valence electrons. The van der Waals surface area contributed by atoms with Crippen molar-refractivity contribution in [1.29, 1.82) is 0 Å². The van der Waals surface area contributed by atoms with Crippen LogP contribution < -0.4 is 0 Å². The highest BCUT2D eigenvalue weighted by Crippen LogP contribution is 2.29. The highest BCUT2D eigenvalue weighted by atomic mass is 16.7. The zero-order valence-electron chi connectivity index (χ0n) is 19.0. The zero-order chi connectivity index (χ0) is 25.5. The third-order valence-corrected chi connectivity index (χ3v) is 5.55. The van der Waals surface area contributed by atoms with E-state index in [1.165, 1.54) is 36.4 Å². The van der Waals surface area contributed by atoms with E-state index in [-0.39, 0.29) is 16.7 Å². The molecule has 0 saturated carbocycles. The van der Waals surface area contributed by atoms with Gasteiger partial charge in [-0.2, -0.15) is 0 Å². The summed E-state index contributed by atoms with van der Waals surface area (Å²) >= 11 is 0. The first-order valence-corrected chi connectivity index (χ1v) is 11.2. The van der Waals surface area contributed by atoms with E-state index in [9.17, 15) is 24.6 Å². The number of esters is 3. The van der Waals surface area contributed by atoms with Gasteiger partial charge in [-0.05, 0) is 36.4 Å². The SMILES string of the molecule is O=C(OC1[C@@H](OC(=O)c2ccccc2)[C@H](OC(=O)c2ccccc2)C(CO)O[C@@H]1O)c1ccccc1. The Kier molecular flexibility index (Phi) is 8.06. The first kappa shape index (κ1) is 25.1. The van der Waals surface area contributed by atoms with Crippen LogP contribution in [-0.2, 0) is 18.9 Å². The van der Waals surface area contributed by atoms with Crippen molar-refractivity contribution >= 4 is 17.9 Å². The number of hydrogen-bond donors (Lipinski definition) is 2. The van der Waals surface area contributed by atoms with Gasteiger partial charge < -0.3 is 29.2 Å². The molecule has 4 rings (SSSR count). The van der Waals surface area contributed by atoms with Gasteiger partial charge in [0, 0.05) is 0 Å². The fraction of sp³-hybridized carbons (Fsp3) is 0.222. The maximum Gasteiger partial charge on any atom is 0.338 e. The average molecular weight is 492 g/mol. The maximum atomic E-state index is 12.9. The second kappa shape index (κ2) is 11.6. The van der Waals surface area contributed by atoms with Crippen LogP contribution in [0.25, 0.3) is 0 Å². The molecule has 1 saturated heterocycles. The Morgan fingerprint density at radius 2 is 0.972 bits per heavy atom. The summed E-state index contributed by atoms with van der Waals surface area (Å²) in [6.45, 7) is -0.678. The second-order valence-electron chi connectivity index (χ2n) is 7.96. The number of ether oxygens (including phenoxy) is 4. The Balaban J connectivity index is 1.66. The molecule has 5 atom stereocenters. The molecule has 0 radical (unpaired) electrons. The lowest BCUT2D eigenvalue weighted by molar-refractivity contribution is -0.284. The van der Waals surface area contributed by atoms with Crippen molar-refractivity contribution in [2.24, 2.45) is 0 Å². The summed E-state index contributed by atoms with van der Waals surface area (Å²) in [5.74, 6) is -2.42. The monoisotopic (exact) mass is 492 g/mol. The zero-order valence-corrected chi connectivity index (χ0v) is 19.0. The van der Waals surface area contributed by atoms with Crippen LogP contribution >= 0.6 is 0 Å². The Bertz CT molecular complexity index is 1170. The van der Waals surface area contributed by atoms with E-state index in [2.05, 4.69) is 0 Å². The van der Waals surface area contributed by atoms with Crippen LogP contribution in [-0.4, -0.2) is 65.4 Å². The summed E-state index contributed by atoms with van der Waals surface area (Å²) in [4.78, 5) is 38.5. The molecule has 1 fully saturated rings. The predicted molar refractivity (Wildman–Crippen MR) is 125 cm³/mol. The van der Waals surface area contributed by atoms with Gasteiger partial charge in [-0.1, -0.05) is 54.6 Å². The van der Waals surface area contributed by atoms with Crippen molar-refractivity contribution in [3.8, 4) is 0 Å². The number of aliphatic hydroxyl groups excluding tert-OH is 2. The van der Waals surface area contributed by atoms with E-state index in [4.69, 9.17) is 18.9 Å². The molecule has 36 heavy (non-hydrogen) atoms. The van der Waals surface area contributed by atoms with Gasteiger partial charge in [0.25, 0.3) is 0 Å². The van der Waals surface area contributed by atoms with Gasteiger partial charge in [-0.3, -0.25) is 0 Å². The number of rotatable bonds is 7. The van der Waals surface area contributed by atoms with Gasteiger partial charge >= 0.3 is 17.9 Å². The van der Waals surface area contributed by atoms with Gasteiger partial charge in [0.1, 0.15) is 6.10 Å². The van der Waals surface area contributed by atoms with Crippen molar-refractivity contribution < 1.29 is 43.5 Å². The van der Waals surface area contributed by atoms with Crippen LogP contribution in [0.15, 0.2) is 91.0 Å². The molecule has 2 N–H and O–H groups in total. The van der Waals surface area contributed by atoms with E-state index >= 15 is 0 Å². The smallest absolute Gasteiger partial charge is 0.338 e. The molecule has 0 spiro atoms. The fourth-order valence-corrected chi connectivity index (χ4v) is 3.74. The summed E-state index contributed by atoms with van der Waals surface area (Å²) in [5, 5.41) is 20.5. The lowest BCUT2D eigenvalue weighted by atomic mass is 9.98. The summed E-state index contributed by atoms with van der Waals surface area (Å²) in [7, 11) is 0. The number of hydrogen-bond acceptors (Lipinski definition) is 9. The molecule has 3 aromatic carbocycles. The standard InChI is InChI=1S/C27H24O9/c28-16-20-21(34-24(29)17-10-4-1-5-11-17)22(35-25(30)18-12-6-2-7-13-18)23(27(32)33-20)36-26(31)19-14-8-3-9-15-19/h1-15,20-23,27-28,32H,16H2/t20?,21-,22+,23?,27+/m1/s1. The molecule has 0 aliphatic carbocycles. The van der Waals surface area contributed by atoms with Crippen molar-refractivity contribution in [1.82, 2.24) is 0 Å². The minimum absolute atomic E-state index is 0.181. The number of aliphatic hydroxyl groups is 2. The number of benzene rings is 3. The molecule has 1 heterocycles. The average Bonchev–Trinajstić information content (AvgIpc) is 2.93. The molecular weight excluding hydrogens is 468 g/mol. The molecule has 9 nitrogen and oxygen atoms in total. The van der Waals surface area contributed by atoms with E-state index in [1.807, 2.05) is 0 Å². The minimum atomic E-state index is -1.78. The molecule has 0 aromatic heterocycles. The summed E-state index contributed by atoms with van der Waals surface area (Å²) in [6, 6.07) is 24.0. The van der Waals surface area contributed by atoms with Gasteiger partial charge in [0.2, 0.25) is 0 Å². The van der Waals surface area contributed by atoms with Gasteiger partial charge in [-0.25, -0.2) is 14.4 Å². The second-order valence-corrected chi connectivity index (χ2v) is 7.96. The molecule has 1 aliphatic rings. The molecule has 0 amide bonds. The number of carbonyl (C=O) groups is 3. The van der Waals surface area contributed by atoms with Crippen molar-refractivity contribution in [2.45, 2.75) is 30.7 Å². The van der Waals surface area contributed by atoms with Crippen LogP contribution in [0, 0.1) is 0 Å². The molecule has 3 aromatic rings. The van der Waals surface area contributed by atoms with Crippen LogP contribution in [0.2, 0.25) is 0 Å². The summed E-state index contributed by atoms with van der Waals surface area (Å²) < 4.78 is 22.1. The molecular formula is C27H24O9. The first-order valence-electron chi connectivity index (χ1n) is 11.2. The minimum Gasteiger partial charge on any atom is -0.452 e. The van der Waals surface area contributed by atoms with Gasteiger partial charge in [0.05, 0.1) is 23.3 Å². The van der Waals surface area contributed by atoms with Crippen molar-refractivity contribution in [3.63, 3.8) is 0 Å². The Morgan fingerprint density at radius 3 is 1.36 bits per heavy atom. The summed E-state index contributed by atoms with van der Waals surface area (Å²) in [5.41, 5.74) is 0.562. The maximum absolute atomic E-state index is 12.9. The summed E-state index contributed by atoms with van der Waals surface area (Å²) in [6.07, 6.45) is -7.53. The van der Waals surface area contributed by atoms with Crippen LogP contribution in [0.3, 0.4) is 0 Å². The Hall–Kier alpha value is -4.05. The Labute approximate surface area is 206 Å². The molecule has 9 heteroatoms.